The largest absolute Gasteiger partial charge is 0.350 e. The molecule has 0 radical (unpaired) electrons. The molecule has 158 valence electrons. The van der Waals surface area contributed by atoms with Gasteiger partial charge in [-0.25, -0.2) is 22.2 Å². The van der Waals surface area contributed by atoms with Crippen molar-refractivity contribution < 1.29 is 13.2 Å². The Kier molecular flexibility index (Phi) is 6.13. The average molecular weight is 430 g/mol. The van der Waals surface area contributed by atoms with Gasteiger partial charge in [0.2, 0.25) is 10.0 Å². The SMILES string of the molecule is CN(C)S(=O)(=O)c1ccc(C(=O)NCCn2nc(-c3cccnc3)n(C)c2=O)cc1. The predicted octanol–water partition coefficient (Wildman–Crippen LogP) is 0.324. The number of amides is 1. The molecule has 0 aliphatic carbocycles. The van der Waals surface area contributed by atoms with E-state index in [1.807, 2.05) is 0 Å². The van der Waals surface area contributed by atoms with Gasteiger partial charge >= 0.3 is 5.69 Å². The zero-order valence-corrected chi connectivity index (χ0v) is 17.6. The third-order valence-corrected chi connectivity index (χ3v) is 6.29. The van der Waals surface area contributed by atoms with Crippen molar-refractivity contribution in [3.05, 3.63) is 64.8 Å². The number of hydrogen-bond acceptors (Lipinski definition) is 6. The van der Waals surface area contributed by atoms with Gasteiger partial charge in [-0.05, 0) is 36.4 Å². The number of sulfonamides is 1. The van der Waals surface area contributed by atoms with Crippen molar-refractivity contribution in [2.24, 2.45) is 7.05 Å². The van der Waals surface area contributed by atoms with E-state index in [0.29, 0.717) is 17.0 Å². The van der Waals surface area contributed by atoms with E-state index in [1.165, 1.54) is 47.6 Å². The summed E-state index contributed by atoms with van der Waals surface area (Å²) in [5, 5.41) is 7.01. The number of nitrogens with one attached hydrogen (secondary N) is 1. The minimum Gasteiger partial charge on any atom is -0.350 e. The lowest BCUT2D eigenvalue weighted by atomic mass is 10.2. The van der Waals surface area contributed by atoms with E-state index in [9.17, 15) is 18.0 Å². The number of pyridine rings is 1. The maximum absolute atomic E-state index is 12.4. The first-order valence-electron chi connectivity index (χ1n) is 9.07. The standard InChI is InChI=1S/C19H22N6O4S/c1-23(2)30(28,29)16-8-6-14(7-9-16)18(26)21-11-12-25-19(27)24(3)17(22-25)15-5-4-10-20-13-15/h4-10,13H,11-12H2,1-3H3,(H,21,26). The summed E-state index contributed by atoms with van der Waals surface area (Å²) in [6, 6.07) is 9.22. The second-order valence-corrected chi connectivity index (χ2v) is 8.85. The van der Waals surface area contributed by atoms with Crippen molar-refractivity contribution in [2.75, 3.05) is 20.6 Å². The normalized spacial score (nSPS) is 11.6. The van der Waals surface area contributed by atoms with E-state index in [1.54, 1.807) is 31.6 Å². The van der Waals surface area contributed by atoms with Crippen molar-refractivity contribution in [2.45, 2.75) is 11.4 Å². The smallest absolute Gasteiger partial charge is 0.345 e. The number of carbonyl (C=O) groups excluding carboxylic acids is 1. The first-order chi connectivity index (χ1) is 14.2. The van der Waals surface area contributed by atoms with Gasteiger partial charge in [0.15, 0.2) is 5.82 Å². The molecule has 1 N–H and O–H groups in total. The van der Waals surface area contributed by atoms with Crippen LogP contribution in [0.2, 0.25) is 0 Å². The molecule has 0 atom stereocenters. The number of carbonyl (C=O) groups is 1. The Morgan fingerprint density at radius 1 is 1.17 bits per heavy atom. The topological polar surface area (TPSA) is 119 Å². The minimum atomic E-state index is -3.55. The van der Waals surface area contributed by atoms with Crippen molar-refractivity contribution in [3.8, 4) is 11.4 Å². The zero-order valence-electron chi connectivity index (χ0n) is 16.8. The summed E-state index contributed by atoms with van der Waals surface area (Å²) in [5.74, 6) is 0.109. The summed E-state index contributed by atoms with van der Waals surface area (Å²) in [6.45, 7) is 0.367. The molecule has 0 bridgehead atoms. The van der Waals surface area contributed by atoms with Gasteiger partial charge in [0.25, 0.3) is 5.91 Å². The van der Waals surface area contributed by atoms with Crippen molar-refractivity contribution in [1.29, 1.82) is 0 Å². The molecule has 30 heavy (non-hydrogen) atoms. The lowest BCUT2D eigenvalue weighted by molar-refractivity contribution is 0.0951. The van der Waals surface area contributed by atoms with Crippen molar-refractivity contribution in [1.82, 2.24) is 29.0 Å². The fourth-order valence-electron chi connectivity index (χ4n) is 2.75. The van der Waals surface area contributed by atoms with Crippen LogP contribution in [0.3, 0.4) is 0 Å². The molecule has 3 aromatic rings. The molecule has 2 heterocycles. The van der Waals surface area contributed by atoms with Gasteiger partial charge in [-0.15, -0.1) is 5.10 Å². The summed E-state index contributed by atoms with van der Waals surface area (Å²) in [6.07, 6.45) is 3.25. The van der Waals surface area contributed by atoms with Gasteiger partial charge in [0.05, 0.1) is 11.4 Å². The second kappa shape index (κ2) is 8.59. The minimum absolute atomic E-state index is 0.104. The van der Waals surface area contributed by atoms with Gasteiger partial charge < -0.3 is 5.32 Å². The molecule has 0 saturated carbocycles. The maximum Gasteiger partial charge on any atom is 0.345 e. The fraction of sp³-hybridized carbons (Fsp3) is 0.263. The van der Waals surface area contributed by atoms with Crippen LogP contribution in [-0.4, -0.2) is 58.6 Å². The van der Waals surface area contributed by atoms with E-state index in [2.05, 4.69) is 15.4 Å². The molecule has 0 aliphatic heterocycles. The van der Waals surface area contributed by atoms with E-state index in [0.717, 1.165) is 4.31 Å². The number of benzene rings is 1. The van der Waals surface area contributed by atoms with Crippen LogP contribution in [0.1, 0.15) is 10.4 Å². The Balaban J connectivity index is 1.65. The van der Waals surface area contributed by atoms with Crippen molar-refractivity contribution >= 4 is 15.9 Å². The van der Waals surface area contributed by atoms with E-state index in [4.69, 9.17) is 0 Å². The van der Waals surface area contributed by atoms with Crippen molar-refractivity contribution in [3.63, 3.8) is 0 Å². The molecule has 10 nitrogen and oxygen atoms in total. The lowest BCUT2D eigenvalue weighted by Crippen LogP contribution is -2.31. The maximum atomic E-state index is 12.4. The van der Waals surface area contributed by atoms with Crippen LogP contribution in [0.25, 0.3) is 11.4 Å². The van der Waals surface area contributed by atoms with Gasteiger partial charge in [-0.2, -0.15) is 0 Å². The first kappa shape index (κ1) is 21.4. The summed E-state index contributed by atoms with van der Waals surface area (Å²) >= 11 is 0. The van der Waals surface area contributed by atoms with Gasteiger partial charge in [-0.3, -0.25) is 14.3 Å². The highest BCUT2D eigenvalue weighted by Gasteiger charge is 2.17. The van der Waals surface area contributed by atoms with E-state index >= 15 is 0 Å². The number of nitrogens with zero attached hydrogens (tertiary/aromatic N) is 5. The Bertz CT molecular complexity index is 1200. The fourth-order valence-corrected chi connectivity index (χ4v) is 3.65. The van der Waals surface area contributed by atoms with E-state index < -0.39 is 10.0 Å². The van der Waals surface area contributed by atoms with Crippen LogP contribution < -0.4 is 11.0 Å². The molecule has 0 spiro atoms. The Labute approximate surface area is 173 Å². The van der Waals surface area contributed by atoms with Crippen LogP contribution in [-0.2, 0) is 23.6 Å². The average Bonchev–Trinajstić information content (AvgIpc) is 3.03. The third-order valence-electron chi connectivity index (χ3n) is 4.46. The first-order valence-corrected chi connectivity index (χ1v) is 10.5. The lowest BCUT2D eigenvalue weighted by Gasteiger charge is -2.11. The summed E-state index contributed by atoms with van der Waals surface area (Å²) < 4.78 is 28.0. The summed E-state index contributed by atoms with van der Waals surface area (Å²) in [5.41, 5.74) is 0.728. The molecule has 0 aliphatic rings. The molecule has 3 rings (SSSR count). The molecule has 0 fully saturated rings. The Hall–Kier alpha value is -3.31. The molecule has 11 heteroatoms. The number of rotatable bonds is 7. The second-order valence-electron chi connectivity index (χ2n) is 6.70. The molecular formula is C19H22N6O4S. The molecule has 0 saturated heterocycles. The van der Waals surface area contributed by atoms with Gasteiger partial charge in [-0.1, -0.05) is 0 Å². The highest BCUT2D eigenvalue weighted by molar-refractivity contribution is 7.89. The van der Waals surface area contributed by atoms with Crippen LogP contribution in [0, 0.1) is 0 Å². The molecule has 2 aromatic heterocycles. The zero-order chi connectivity index (χ0) is 21.9. The van der Waals surface area contributed by atoms with Gasteiger partial charge in [0.1, 0.15) is 0 Å². The summed E-state index contributed by atoms with van der Waals surface area (Å²) in [4.78, 5) is 28.8. The quantitative estimate of drug-likeness (QED) is 0.577. The monoisotopic (exact) mass is 430 g/mol. The van der Waals surface area contributed by atoms with Crippen LogP contribution in [0.15, 0.2) is 58.5 Å². The highest BCUT2D eigenvalue weighted by atomic mass is 32.2. The van der Waals surface area contributed by atoms with Crippen LogP contribution in [0.5, 0.6) is 0 Å². The third kappa shape index (κ3) is 4.31. The molecule has 1 amide bonds. The highest BCUT2D eigenvalue weighted by Crippen LogP contribution is 2.14. The molecular weight excluding hydrogens is 408 g/mol. The van der Waals surface area contributed by atoms with E-state index in [-0.39, 0.29) is 29.6 Å². The summed E-state index contributed by atoms with van der Waals surface area (Å²) in [7, 11) is 0.947. The predicted molar refractivity (Wildman–Crippen MR) is 110 cm³/mol. The number of aromatic nitrogens is 4. The molecule has 1 aromatic carbocycles. The Morgan fingerprint density at radius 3 is 2.47 bits per heavy atom. The van der Waals surface area contributed by atoms with Gasteiger partial charge in [0, 0.05) is 51.2 Å². The van der Waals surface area contributed by atoms with Crippen LogP contribution in [0.4, 0.5) is 0 Å². The number of hydrogen-bond donors (Lipinski definition) is 1. The molecule has 0 unspecified atom stereocenters. The van der Waals surface area contributed by atoms with Crippen LogP contribution >= 0.6 is 0 Å². The Morgan fingerprint density at radius 2 is 1.87 bits per heavy atom.